The van der Waals surface area contributed by atoms with Crippen molar-refractivity contribution in [2.75, 3.05) is 23.5 Å². The molecule has 0 radical (unpaired) electrons. The highest BCUT2D eigenvalue weighted by Gasteiger charge is 2.25. The Balaban J connectivity index is 2.13. The van der Waals surface area contributed by atoms with Gasteiger partial charge in [-0.05, 0) is 24.7 Å². The van der Waals surface area contributed by atoms with Crippen molar-refractivity contribution in [1.29, 1.82) is 0 Å². The normalized spacial score (nSPS) is 18.6. The van der Waals surface area contributed by atoms with E-state index in [1.54, 1.807) is 0 Å². The van der Waals surface area contributed by atoms with Crippen molar-refractivity contribution in [3.63, 3.8) is 0 Å². The molecular weight excluding hydrogens is 294 g/mol. The molecule has 1 atom stereocenters. The third-order valence-electron chi connectivity index (χ3n) is 3.69. The number of aryl methyl sites for hydroxylation is 1. The minimum Gasteiger partial charge on any atom is -0.477 e. The number of carboxylic acids is 1. The van der Waals surface area contributed by atoms with Gasteiger partial charge in [0.25, 0.3) is 0 Å². The van der Waals surface area contributed by atoms with Gasteiger partial charge in [-0.1, -0.05) is 0 Å². The number of aromatic carboxylic acids is 1. The first-order chi connectivity index (χ1) is 9.59. The van der Waals surface area contributed by atoms with Crippen molar-refractivity contribution in [3.8, 4) is 0 Å². The summed E-state index contributed by atoms with van der Waals surface area (Å²) in [6.07, 6.45) is 2.67. The maximum atomic E-state index is 11.3. The number of fused-ring (bicyclic) bond motifs is 1. The molecule has 1 fully saturated rings. The standard InChI is InChI=1S/C13H15N3O2S2/c1-7-9-11(16(2)8-3-4-19-5-8)14-6-15-12(9)20-10(7)13(17)18/h6,8H,3-5H2,1-2H3,(H,17,18). The second-order valence-corrected chi connectivity index (χ2v) is 7.02. The molecule has 1 aliphatic heterocycles. The Labute approximate surface area is 125 Å². The molecule has 1 N–H and O–H groups in total. The van der Waals surface area contributed by atoms with E-state index in [0.29, 0.717) is 10.9 Å². The molecule has 0 spiro atoms. The number of nitrogens with zero attached hydrogens (tertiary/aromatic N) is 3. The topological polar surface area (TPSA) is 66.3 Å². The van der Waals surface area contributed by atoms with Gasteiger partial charge < -0.3 is 10.0 Å². The molecule has 0 aliphatic carbocycles. The van der Waals surface area contributed by atoms with Crippen LogP contribution in [0.15, 0.2) is 6.33 Å². The van der Waals surface area contributed by atoms with Crippen molar-refractivity contribution < 1.29 is 9.90 Å². The van der Waals surface area contributed by atoms with Gasteiger partial charge in [-0.3, -0.25) is 0 Å². The molecule has 1 aliphatic rings. The van der Waals surface area contributed by atoms with Crippen LogP contribution in [0.3, 0.4) is 0 Å². The van der Waals surface area contributed by atoms with Crippen molar-refractivity contribution in [1.82, 2.24) is 9.97 Å². The van der Waals surface area contributed by atoms with Crippen LogP contribution < -0.4 is 4.90 Å². The number of hydrogen-bond acceptors (Lipinski definition) is 6. The van der Waals surface area contributed by atoms with Crippen LogP contribution >= 0.6 is 23.1 Å². The van der Waals surface area contributed by atoms with Crippen molar-refractivity contribution in [2.24, 2.45) is 0 Å². The Morgan fingerprint density at radius 1 is 1.50 bits per heavy atom. The minimum absolute atomic E-state index is 0.357. The lowest BCUT2D eigenvalue weighted by atomic mass is 10.1. The van der Waals surface area contributed by atoms with Crippen LogP contribution in [0, 0.1) is 6.92 Å². The molecule has 2 aromatic rings. The average molecular weight is 309 g/mol. The Kier molecular flexibility index (Phi) is 3.55. The van der Waals surface area contributed by atoms with Gasteiger partial charge in [0.1, 0.15) is 21.9 Å². The maximum absolute atomic E-state index is 11.3. The monoisotopic (exact) mass is 309 g/mol. The molecule has 0 aromatic carbocycles. The van der Waals surface area contributed by atoms with Gasteiger partial charge in [0.15, 0.2) is 0 Å². The van der Waals surface area contributed by atoms with E-state index >= 15 is 0 Å². The summed E-state index contributed by atoms with van der Waals surface area (Å²) < 4.78 is 0. The maximum Gasteiger partial charge on any atom is 0.346 e. The Hall–Kier alpha value is -1.34. The van der Waals surface area contributed by atoms with Gasteiger partial charge >= 0.3 is 5.97 Å². The largest absolute Gasteiger partial charge is 0.477 e. The van der Waals surface area contributed by atoms with E-state index in [-0.39, 0.29) is 0 Å². The fraction of sp³-hybridized carbons (Fsp3) is 0.462. The Morgan fingerprint density at radius 2 is 2.30 bits per heavy atom. The van der Waals surface area contributed by atoms with E-state index in [9.17, 15) is 9.90 Å². The summed E-state index contributed by atoms with van der Waals surface area (Å²) in [7, 11) is 2.04. The summed E-state index contributed by atoms with van der Waals surface area (Å²) in [5.41, 5.74) is 0.769. The molecule has 2 aromatic heterocycles. The predicted octanol–water partition coefficient (Wildman–Crippen LogP) is 2.64. The second kappa shape index (κ2) is 5.21. The third-order valence-corrected chi connectivity index (χ3v) is 6.02. The summed E-state index contributed by atoms with van der Waals surface area (Å²) >= 11 is 3.17. The van der Waals surface area contributed by atoms with Crippen LogP contribution in [-0.4, -0.2) is 45.6 Å². The molecule has 7 heteroatoms. The quantitative estimate of drug-likeness (QED) is 0.940. The number of carbonyl (C=O) groups is 1. The molecule has 0 amide bonds. The van der Waals surface area contributed by atoms with Crippen LogP contribution in [0.5, 0.6) is 0 Å². The smallest absolute Gasteiger partial charge is 0.346 e. The van der Waals surface area contributed by atoms with Crippen LogP contribution in [-0.2, 0) is 0 Å². The van der Waals surface area contributed by atoms with Crippen LogP contribution in [0.1, 0.15) is 21.7 Å². The van der Waals surface area contributed by atoms with Crippen molar-refractivity contribution in [2.45, 2.75) is 19.4 Å². The number of rotatable bonds is 3. The lowest BCUT2D eigenvalue weighted by molar-refractivity contribution is 0.0701. The van der Waals surface area contributed by atoms with Crippen LogP contribution in [0.25, 0.3) is 10.2 Å². The van der Waals surface area contributed by atoms with Gasteiger partial charge in [0, 0.05) is 18.8 Å². The van der Waals surface area contributed by atoms with E-state index < -0.39 is 5.97 Å². The molecule has 3 heterocycles. The molecule has 0 bridgehead atoms. The molecule has 5 nitrogen and oxygen atoms in total. The van der Waals surface area contributed by atoms with E-state index in [4.69, 9.17) is 0 Å². The third kappa shape index (κ3) is 2.14. The zero-order valence-corrected chi connectivity index (χ0v) is 12.9. The molecule has 1 saturated heterocycles. The zero-order valence-electron chi connectivity index (χ0n) is 11.3. The van der Waals surface area contributed by atoms with Crippen LogP contribution in [0.2, 0.25) is 0 Å². The van der Waals surface area contributed by atoms with Gasteiger partial charge in [-0.15, -0.1) is 11.3 Å². The highest BCUT2D eigenvalue weighted by atomic mass is 32.2. The van der Waals surface area contributed by atoms with Gasteiger partial charge in [-0.25, -0.2) is 14.8 Å². The fourth-order valence-corrected chi connectivity index (χ4v) is 4.77. The van der Waals surface area contributed by atoms with E-state index in [0.717, 1.165) is 33.8 Å². The summed E-state index contributed by atoms with van der Waals surface area (Å²) in [5.74, 6) is 2.22. The number of carboxylic acid groups (broad SMARTS) is 1. The van der Waals surface area contributed by atoms with E-state index in [1.807, 2.05) is 25.7 Å². The molecule has 106 valence electrons. The van der Waals surface area contributed by atoms with Gasteiger partial charge in [0.2, 0.25) is 0 Å². The summed E-state index contributed by atoms with van der Waals surface area (Å²) in [5, 5.41) is 10.1. The lowest BCUT2D eigenvalue weighted by Crippen LogP contribution is -2.32. The summed E-state index contributed by atoms with van der Waals surface area (Å²) in [6.45, 7) is 1.84. The Morgan fingerprint density at radius 3 is 2.95 bits per heavy atom. The number of aromatic nitrogens is 2. The number of anilines is 1. The molecule has 0 saturated carbocycles. The number of hydrogen-bond donors (Lipinski definition) is 1. The van der Waals surface area contributed by atoms with Crippen LogP contribution in [0.4, 0.5) is 5.82 Å². The van der Waals surface area contributed by atoms with Gasteiger partial charge in [0.05, 0.1) is 5.39 Å². The van der Waals surface area contributed by atoms with E-state index in [2.05, 4.69) is 14.9 Å². The van der Waals surface area contributed by atoms with Crippen molar-refractivity contribution in [3.05, 3.63) is 16.8 Å². The molecular formula is C13H15N3O2S2. The molecule has 20 heavy (non-hydrogen) atoms. The predicted molar refractivity (Wildman–Crippen MR) is 83.2 cm³/mol. The summed E-state index contributed by atoms with van der Waals surface area (Å²) in [4.78, 5) is 23.2. The first-order valence-electron chi connectivity index (χ1n) is 6.37. The van der Waals surface area contributed by atoms with E-state index in [1.165, 1.54) is 23.4 Å². The highest BCUT2D eigenvalue weighted by Crippen LogP contribution is 2.36. The number of thioether (sulfide) groups is 1. The number of thiophene rings is 1. The molecule has 1 unspecified atom stereocenters. The van der Waals surface area contributed by atoms with Gasteiger partial charge in [-0.2, -0.15) is 11.8 Å². The average Bonchev–Trinajstić information content (AvgIpc) is 3.06. The summed E-state index contributed by atoms with van der Waals surface area (Å²) in [6, 6.07) is 0.464. The first-order valence-corrected chi connectivity index (χ1v) is 8.34. The minimum atomic E-state index is -0.893. The zero-order chi connectivity index (χ0) is 14.3. The Bertz CT molecular complexity index is 665. The first kappa shape index (κ1) is 13.6. The second-order valence-electron chi connectivity index (χ2n) is 4.87. The lowest BCUT2D eigenvalue weighted by Gasteiger charge is -2.25. The highest BCUT2D eigenvalue weighted by molar-refractivity contribution is 7.99. The SMILES string of the molecule is Cc1c(C(=O)O)sc2ncnc(N(C)C3CCSC3)c12. The fourth-order valence-electron chi connectivity index (χ4n) is 2.52. The van der Waals surface area contributed by atoms with Crippen molar-refractivity contribution >= 4 is 45.1 Å². The molecule has 3 rings (SSSR count).